The summed E-state index contributed by atoms with van der Waals surface area (Å²) in [6.07, 6.45) is 2.92. The third-order valence-electron chi connectivity index (χ3n) is 4.44. The molecule has 0 saturated carbocycles. The maximum atomic E-state index is 12.1. The van der Waals surface area contributed by atoms with Crippen molar-refractivity contribution >= 4 is 40.4 Å². The van der Waals surface area contributed by atoms with Crippen molar-refractivity contribution in [1.29, 1.82) is 0 Å². The molecule has 4 rings (SSSR count). The highest BCUT2D eigenvalue weighted by Gasteiger charge is 2.29. The first-order valence-corrected chi connectivity index (χ1v) is 9.74. The molecule has 0 amide bonds. The molecule has 0 saturated heterocycles. The molecule has 2 heterocycles. The number of hydrogen-bond acceptors (Lipinski definition) is 7. The monoisotopic (exact) mass is 432 g/mol. The maximum Gasteiger partial charge on any atom is 0.354 e. The lowest BCUT2D eigenvalue weighted by Gasteiger charge is -2.23. The van der Waals surface area contributed by atoms with E-state index in [2.05, 4.69) is 20.3 Å². The minimum atomic E-state index is -0.497. The second-order valence-corrected chi connectivity index (χ2v) is 6.98. The van der Waals surface area contributed by atoms with Gasteiger partial charge in [-0.1, -0.05) is 54.1 Å². The molecule has 0 atom stereocenters. The summed E-state index contributed by atoms with van der Waals surface area (Å²) >= 11 is 6.04. The van der Waals surface area contributed by atoms with Gasteiger partial charge in [0.2, 0.25) is 11.6 Å². The number of nitrogens with zero attached hydrogens (tertiary/aromatic N) is 5. The summed E-state index contributed by atoms with van der Waals surface area (Å²) in [4.78, 5) is 26.1. The van der Waals surface area contributed by atoms with Gasteiger partial charge in [0.05, 0.1) is 11.5 Å². The van der Waals surface area contributed by atoms with E-state index in [1.807, 2.05) is 36.4 Å². The second kappa shape index (κ2) is 9.19. The number of rotatable bonds is 7. The molecule has 0 aliphatic rings. The molecule has 0 aliphatic carbocycles. The predicted molar refractivity (Wildman–Crippen MR) is 120 cm³/mol. The van der Waals surface area contributed by atoms with Gasteiger partial charge in [0.15, 0.2) is 0 Å². The predicted octanol–water partition coefficient (Wildman–Crippen LogP) is 5.52. The lowest BCUT2D eigenvalue weighted by molar-refractivity contribution is -0.383. The number of halogens is 1. The molecule has 0 unspecified atom stereocenters. The minimum absolute atomic E-state index is 0.0614. The molecule has 2 aromatic carbocycles. The van der Waals surface area contributed by atoms with Crippen molar-refractivity contribution < 1.29 is 4.92 Å². The van der Waals surface area contributed by atoms with Crippen molar-refractivity contribution in [2.45, 2.75) is 6.54 Å². The van der Waals surface area contributed by atoms with Gasteiger partial charge >= 0.3 is 5.69 Å². The van der Waals surface area contributed by atoms with E-state index < -0.39 is 4.92 Å². The van der Waals surface area contributed by atoms with E-state index in [0.717, 1.165) is 5.56 Å². The summed E-state index contributed by atoms with van der Waals surface area (Å²) in [7, 11) is 0. The smallest absolute Gasteiger partial charge is 0.334 e. The molecule has 0 bridgehead atoms. The number of nitrogens with one attached hydrogen (secondary N) is 1. The van der Waals surface area contributed by atoms with E-state index in [0.29, 0.717) is 23.1 Å². The minimum Gasteiger partial charge on any atom is -0.334 e. The van der Waals surface area contributed by atoms with Crippen molar-refractivity contribution in [3.8, 4) is 0 Å². The Morgan fingerprint density at radius 1 is 0.968 bits per heavy atom. The van der Waals surface area contributed by atoms with Crippen molar-refractivity contribution in [3.63, 3.8) is 0 Å². The fourth-order valence-electron chi connectivity index (χ4n) is 3.07. The maximum absolute atomic E-state index is 12.1. The van der Waals surface area contributed by atoms with Gasteiger partial charge in [-0.2, -0.15) is 0 Å². The van der Waals surface area contributed by atoms with E-state index in [1.54, 1.807) is 47.5 Å². The molecule has 0 spiro atoms. The largest absolute Gasteiger partial charge is 0.354 e. The van der Waals surface area contributed by atoms with Gasteiger partial charge < -0.3 is 10.2 Å². The molecule has 9 heteroatoms. The van der Waals surface area contributed by atoms with Crippen LogP contribution in [0.2, 0.25) is 5.02 Å². The SMILES string of the molecule is O=[N+]([O-])c1c(Nc2cccc(Cl)c2)ncnc1N(Cc1ccccc1)c1ccccn1. The van der Waals surface area contributed by atoms with Gasteiger partial charge in [-0.05, 0) is 35.9 Å². The van der Waals surface area contributed by atoms with Crippen LogP contribution in [0.5, 0.6) is 0 Å². The Morgan fingerprint density at radius 3 is 2.48 bits per heavy atom. The van der Waals surface area contributed by atoms with Crippen LogP contribution in [0.3, 0.4) is 0 Å². The van der Waals surface area contributed by atoms with Crippen LogP contribution in [-0.4, -0.2) is 19.9 Å². The molecule has 0 aliphatic heterocycles. The van der Waals surface area contributed by atoms with Gasteiger partial charge in [0.1, 0.15) is 12.1 Å². The standard InChI is InChI=1S/C22H17ClN6O2/c23-17-9-6-10-18(13-17)27-21-20(29(30)31)22(26-15-25-21)28(19-11-4-5-12-24-19)14-16-7-2-1-3-8-16/h1-13,15H,14H2,(H,25,26,27). The van der Waals surface area contributed by atoms with Crippen LogP contribution in [0.25, 0.3) is 0 Å². The van der Waals surface area contributed by atoms with Crippen molar-refractivity contribution in [3.05, 3.63) is 106 Å². The lowest BCUT2D eigenvalue weighted by atomic mass is 10.2. The third kappa shape index (κ3) is 4.76. The highest BCUT2D eigenvalue weighted by Crippen LogP contribution is 2.37. The Bertz CT molecular complexity index is 1190. The normalized spacial score (nSPS) is 10.5. The van der Waals surface area contributed by atoms with Crippen molar-refractivity contribution in [2.24, 2.45) is 0 Å². The van der Waals surface area contributed by atoms with Gasteiger partial charge in [-0.25, -0.2) is 15.0 Å². The van der Waals surface area contributed by atoms with Crippen molar-refractivity contribution in [2.75, 3.05) is 10.2 Å². The zero-order valence-electron chi connectivity index (χ0n) is 16.2. The molecule has 31 heavy (non-hydrogen) atoms. The van der Waals surface area contributed by atoms with Crippen LogP contribution in [-0.2, 0) is 6.54 Å². The highest BCUT2D eigenvalue weighted by molar-refractivity contribution is 6.30. The van der Waals surface area contributed by atoms with Crippen LogP contribution in [0.1, 0.15) is 5.56 Å². The fourth-order valence-corrected chi connectivity index (χ4v) is 3.26. The van der Waals surface area contributed by atoms with Gasteiger partial charge in [0, 0.05) is 16.9 Å². The first-order valence-electron chi connectivity index (χ1n) is 9.36. The summed E-state index contributed by atoms with van der Waals surface area (Å²) in [6.45, 7) is 0.340. The second-order valence-electron chi connectivity index (χ2n) is 6.55. The number of aromatic nitrogens is 3. The summed E-state index contributed by atoms with van der Waals surface area (Å²) < 4.78 is 0. The number of pyridine rings is 1. The number of hydrogen-bond donors (Lipinski definition) is 1. The molecule has 4 aromatic rings. The summed E-state index contributed by atoms with van der Waals surface area (Å²) in [5.41, 5.74) is 1.27. The van der Waals surface area contributed by atoms with Crippen LogP contribution in [0.4, 0.5) is 28.8 Å². The number of benzene rings is 2. The van der Waals surface area contributed by atoms with E-state index >= 15 is 0 Å². The Hall–Kier alpha value is -4.04. The van der Waals surface area contributed by atoms with Crippen LogP contribution < -0.4 is 10.2 Å². The molecular weight excluding hydrogens is 416 g/mol. The Morgan fingerprint density at radius 2 is 1.77 bits per heavy atom. The molecule has 154 valence electrons. The zero-order valence-corrected chi connectivity index (χ0v) is 17.0. The summed E-state index contributed by atoms with van der Waals surface area (Å²) in [6, 6.07) is 21.9. The topological polar surface area (TPSA) is 97.1 Å². The quantitative estimate of drug-likeness (QED) is 0.303. The van der Waals surface area contributed by atoms with E-state index in [-0.39, 0.29) is 17.3 Å². The fraction of sp³-hybridized carbons (Fsp3) is 0.0455. The lowest BCUT2D eigenvalue weighted by Crippen LogP contribution is -2.21. The molecule has 2 aromatic heterocycles. The number of anilines is 4. The Labute approximate surface area is 183 Å². The molecule has 1 N–H and O–H groups in total. The van der Waals surface area contributed by atoms with Gasteiger partial charge in [-0.15, -0.1) is 0 Å². The van der Waals surface area contributed by atoms with E-state index in [4.69, 9.17) is 11.6 Å². The first kappa shape index (κ1) is 20.2. The van der Waals surface area contributed by atoms with E-state index in [9.17, 15) is 10.1 Å². The summed E-state index contributed by atoms with van der Waals surface area (Å²) in [5, 5.41) is 15.6. The van der Waals surface area contributed by atoms with Crippen LogP contribution in [0.15, 0.2) is 85.3 Å². The average molecular weight is 433 g/mol. The average Bonchev–Trinajstić information content (AvgIpc) is 2.78. The highest BCUT2D eigenvalue weighted by atomic mass is 35.5. The number of nitro groups is 1. The van der Waals surface area contributed by atoms with Gasteiger partial charge in [-0.3, -0.25) is 10.1 Å². The third-order valence-corrected chi connectivity index (χ3v) is 4.67. The molecular formula is C22H17ClN6O2. The molecule has 8 nitrogen and oxygen atoms in total. The summed E-state index contributed by atoms with van der Waals surface area (Å²) in [5.74, 6) is 0.722. The van der Waals surface area contributed by atoms with Gasteiger partial charge in [0.25, 0.3) is 0 Å². The van der Waals surface area contributed by atoms with E-state index in [1.165, 1.54) is 6.33 Å². The molecule has 0 fully saturated rings. The Balaban J connectivity index is 1.81. The molecule has 0 radical (unpaired) electrons. The van der Waals surface area contributed by atoms with Crippen molar-refractivity contribution in [1.82, 2.24) is 15.0 Å². The van der Waals surface area contributed by atoms with Crippen LogP contribution in [0, 0.1) is 10.1 Å². The zero-order chi connectivity index (χ0) is 21.6. The Kier molecular flexibility index (Phi) is 6.00. The van der Waals surface area contributed by atoms with Crippen LogP contribution >= 0.6 is 11.6 Å². The first-order chi connectivity index (χ1) is 15.1.